The van der Waals surface area contributed by atoms with Gasteiger partial charge in [-0.1, -0.05) is 46.3 Å². The lowest BCUT2D eigenvalue weighted by Gasteiger charge is -2.10. The SMILES string of the molecule is CCn1ncc2c(C(=O)Nc3ccc(Br)cc3F)cc(-c3ccccc3)nc21. The van der Waals surface area contributed by atoms with Gasteiger partial charge >= 0.3 is 0 Å². The third kappa shape index (κ3) is 3.41. The van der Waals surface area contributed by atoms with E-state index in [1.54, 1.807) is 23.0 Å². The molecule has 2 heterocycles. The van der Waals surface area contributed by atoms with Gasteiger partial charge in [-0.05, 0) is 31.2 Å². The number of aryl methyl sites for hydroxylation is 1. The summed E-state index contributed by atoms with van der Waals surface area (Å²) in [6, 6.07) is 15.8. The summed E-state index contributed by atoms with van der Waals surface area (Å²) in [5, 5.41) is 7.60. The second-order valence-electron chi connectivity index (χ2n) is 6.20. The Balaban J connectivity index is 1.82. The molecule has 5 nitrogen and oxygen atoms in total. The van der Waals surface area contributed by atoms with E-state index in [0.29, 0.717) is 33.3 Å². The molecule has 0 fully saturated rings. The van der Waals surface area contributed by atoms with E-state index in [4.69, 9.17) is 4.98 Å². The highest BCUT2D eigenvalue weighted by molar-refractivity contribution is 9.10. The van der Waals surface area contributed by atoms with Crippen molar-refractivity contribution in [3.63, 3.8) is 0 Å². The first-order chi connectivity index (χ1) is 13.6. The van der Waals surface area contributed by atoms with Crippen molar-refractivity contribution in [2.75, 3.05) is 5.32 Å². The van der Waals surface area contributed by atoms with Crippen LogP contribution in [0.2, 0.25) is 0 Å². The summed E-state index contributed by atoms with van der Waals surface area (Å²) in [5.41, 5.74) is 2.67. The van der Waals surface area contributed by atoms with Gasteiger partial charge in [-0.25, -0.2) is 14.1 Å². The van der Waals surface area contributed by atoms with E-state index in [-0.39, 0.29) is 5.69 Å². The minimum absolute atomic E-state index is 0.113. The highest BCUT2D eigenvalue weighted by atomic mass is 79.9. The lowest BCUT2D eigenvalue weighted by Crippen LogP contribution is -2.14. The van der Waals surface area contributed by atoms with Crippen LogP contribution in [0.25, 0.3) is 22.3 Å². The molecule has 7 heteroatoms. The highest BCUT2D eigenvalue weighted by Crippen LogP contribution is 2.26. The van der Waals surface area contributed by atoms with Gasteiger partial charge in [0.2, 0.25) is 0 Å². The van der Waals surface area contributed by atoms with Crippen molar-refractivity contribution >= 4 is 38.6 Å². The first kappa shape index (κ1) is 18.3. The summed E-state index contributed by atoms with van der Waals surface area (Å²) >= 11 is 3.21. The zero-order valence-electron chi connectivity index (χ0n) is 15.0. The number of aromatic nitrogens is 3. The van der Waals surface area contributed by atoms with Crippen LogP contribution >= 0.6 is 15.9 Å². The van der Waals surface area contributed by atoms with Gasteiger partial charge in [-0.3, -0.25) is 4.79 Å². The van der Waals surface area contributed by atoms with Crippen LogP contribution in [0.5, 0.6) is 0 Å². The molecular weight excluding hydrogens is 423 g/mol. The van der Waals surface area contributed by atoms with E-state index in [1.165, 1.54) is 12.1 Å². The Kier molecular flexibility index (Phi) is 4.92. The number of anilines is 1. The smallest absolute Gasteiger partial charge is 0.256 e. The number of carbonyl (C=O) groups is 1. The van der Waals surface area contributed by atoms with Crippen molar-refractivity contribution in [3.8, 4) is 11.3 Å². The number of rotatable bonds is 4. The number of pyridine rings is 1. The molecule has 4 aromatic rings. The zero-order chi connectivity index (χ0) is 19.7. The van der Waals surface area contributed by atoms with Gasteiger partial charge < -0.3 is 5.32 Å². The molecule has 0 unspecified atom stereocenters. The number of amides is 1. The second-order valence-corrected chi connectivity index (χ2v) is 7.11. The third-order valence-corrected chi connectivity index (χ3v) is 4.90. The molecule has 140 valence electrons. The van der Waals surface area contributed by atoms with Gasteiger partial charge in [0, 0.05) is 16.6 Å². The number of hydrogen-bond acceptors (Lipinski definition) is 3. The Bertz CT molecular complexity index is 1170. The molecule has 1 N–H and O–H groups in total. The van der Waals surface area contributed by atoms with E-state index in [2.05, 4.69) is 26.3 Å². The van der Waals surface area contributed by atoms with Crippen LogP contribution in [0.1, 0.15) is 17.3 Å². The van der Waals surface area contributed by atoms with Crippen LogP contribution in [-0.2, 0) is 6.54 Å². The van der Waals surface area contributed by atoms with E-state index in [0.717, 1.165) is 5.56 Å². The van der Waals surface area contributed by atoms with Gasteiger partial charge in [0.1, 0.15) is 5.82 Å². The van der Waals surface area contributed by atoms with Crippen LogP contribution in [-0.4, -0.2) is 20.7 Å². The molecule has 0 saturated carbocycles. The highest BCUT2D eigenvalue weighted by Gasteiger charge is 2.18. The van der Waals surface area contributed by atoms with Gasteiger partial charge in [-0.2, -0.15) is 5.10 Å². The largest absolute Gasteiger partial charge is 0.319 e. The molecule has 0 spiro atoms. The lowest BCUT2D eigenvalue weighted by molar-refractivity contribution is 0.102. The molecule has 0 bridgehead atoms. The van der Waals surface area contributed by atoms with Gasteiger partial charge in [0.25, 0.3) is 5.91 Å². The van der Waals surface area contributed by atoms with Crippen LogP contribution in [0.3, 0.4) is 0 Å². The standard InChI is InChI=1S/C21H16BrFN4O/c1-2-27-20-16(12-24-27)15(11-19(25-20)13-6-4-3-5-7-13)21(28)26-18-9-8-14(22)10-17(18)23/h3-12H,2H2,1H3,(H,26,28). The fourth-order valence-electron chi connectivity index (χ4n) is 3.00. The van der Waals surface area contributed by atoms with E-state index in [9.17, 15) is 9.18 Å². The topological polar surface area (TPSA) is 59.8 Å². The molecule has 0 aliphatic heterocycles. The maximum absolute atomic E-state index is 14.2. The minimum atomic E-state index is -0.513. The van der Waals surface area contributed by atoms with Gasteiger partial charge in [0.05, 0.1) is 28.5 Å². The average molecular weight is 439 g/mol. The van der Waals surface area contributed by atoms with E-state index < -0.39 is 11.7 Å². The predicted molar refractivity (Wildman–Crippen MR) is 111 cm³/mol. The van der Waals surface area contributed by atoms with Crippen molar-refractivity contribution in [1.82, 2.24) is 14.8 Å². The van der Waals surface area contributed by atoms with E-state index >= 15 is 0 Å². The van der Waals surface area contributed by atoms with Gasteiger partial charge in [0.15, 0.2) is 5.65 Å². The molecular formula is C21H16BrFN4O. The summed E-state index contributed by atoms with van der Waals surface area (Å²) in [6.45, 7) is 2.58. The summed E-state index contributed by atoms with van der Waals surface area (Å²) in [6.07, 6.45) is 1.62. The number of fused-ring (bicyclic) bond motifs is 1. The first-order valence-corrected chi connectivity index (χ1v) is 9.54. The zero-order valence-corrected chi connectivity index (χ0v) is 16.6. The van der Waals surface area contributed by atoms with Crippen molar-refractivity contribution in [1.29, 1.82) is 0 Å². The number of nitrogens with one attached hydrogen (secondary N) is 1. The molecule has 28 heavy (non-hydrogen) atoms. The van der Waals surface area contributed by atoms with Crippen molar-refractivity contribution in [2.45, 2.75) is 13.5 Å². The number of halogens is 2. The summed E-state index contributed by atoms with van der Waals surface area (Å²) in [4.78, 5) is 17.7. The number of benzene rings is 2. The van der Waals surface area contributed by atoms with Crippen molar-refractivity contribution in [2.24, 2.45) is 0 Å². The van der Waals surface area contributed by atoms with Crippen molar-refractivity contribution in [3.05, 3.63) is 76.6 Å². The number of nitrogens with zero attached hydrogens (tertiary/aromatic N) is 3. The summed E-state index contributed by atoms with van der Waals surface area (Å²) in [7, 11) is 0. The molecule has 2 aromatic heterocycles. The van der Waals surface area contributed by atoms with Gasteiger partial charge in [-0.15, -0.1) is 0 Å². The monoisotopic (exact) mass is 438 g/mol. The second kappa shape index (κ2) is 7.52. The first-order valence-electron chi connectivity index (χ1n) is 8.75. The number of carbonyl (C=O) groups excluding carboxylic acids is 1. The fraction of sp³-hybridized carbons (Fsp3) is 0.0952. The minimum Gasteiger partial charge on any atom is -0.319 e. The average Bonchev–Trinajstić information content (AvgIpc) is 3.13. The lowest BCUT2D eigenvalue weighted by atomic mass is 10.1. The Hall–Kier alpha value is -3.06. The molecule has 0 saturated heterocycles. The van der Waals surface area contributed by atoms with Crippen LogP contribution in [0.15, 0.2) is 65.3 Å². The quantitative estimate of drug-likeness (QED) is 0.471. The maximum atomic E-state index is 14.2. The third-order valence-electron chi connectivity index (χ3n) is 4.40. The maximum Gasteiger partial charge on any atom is 0.256 e. The van der Waals surface area contributed by atoms with Crippen LogP contribution in [0.4, 0.5) is 10.1 Å². The van der Waals surface area contributed by atoms with Crippen LogP contribution < -0.4 is 5.32 Å². The van der Waals surface area contributed by atoms with Crippen LogP contribution in [0, 0.1) is 5.82 Å². The molecule has 4 rings (SSSR count). The summed E-state index contributed by atoms with van der Waals surface area (Å²) in [5.74, 6) is -0.929. The summed E-state index contributed by atoms with van der Waals surface area (Å²) < 4.78 is 16.5. The van der Waals surface area contributed by atoms with E-state index in [1.807, 2.05) is 37.3 Å². The molecule has 0 radical (unpaired) electrons. The predicted octanol–water partition coefficient (Wildman–Crippen LogP) is 5.27. The Morgan fingerprint density at radius 1 is 1.18 bits per heavy atom. The molecule has 0 atom stereocenters. The Morgan fingerprint density at radius 2 is 1.96 bits per heavy atom. The normalized spacial score (nSPS) is 11.0. The number of hydrogen-bond donors (Lipinski definition) is 1. The molecule has 1 amide bonds. The molecule has 2 aromatic carbocycles. The molecule has 0 aliphatic carbocycles. The fourth-order valence-corrected chi connectivity index (χ4v) is 3.34. The Labute approximate surface area is 169 Å². The Morgan fingerprint density at radius 3 is 2.68 bits per heavy atom. The molecule has 0 aliphatic rings. The van der Waals surface area contributed by atoms with Crippen molar-refractivity contribution < 1.29 is 9.18 Å².